The summed E-state index contributed by atoms with van der Waals surface area (Å²) in [5.74, 6) is -0.209. The Morgan fingerprint density at radius 2 is 2.04 bits per heavy atom. The number of esters is 1. The highest BCUT2D eigenvalue weighted by Gasteiger charge is 2.23. The number of thiophene rings is 1. The summed E-state index contributed by atoms with van der Waals surface area (Å²) in [6.45, 7) is 1.69. The lowest BCUT2D eigenvalue weighted by Crippen LogP contribution is -2.09. The summed E-state index contributed by atoms with van der Waals surface area (Å²) in [5, 5.41) is 4.41. The van der Waals surface area contributed by atoms with Crippen LogP contribution in [-0.2, 0) is 16.1 Å². The quantitative estimate of drug-likeness (QED) is 0.492. The Morgan fingerprint density at radius 3 is 2.70 bits per heavy atom. The molecule has 3 rings (SSSR count). The first kappa shape index (κ1) is 19.7. The summed E-state index contributed by atoms with van der Waals surface area (Å²) in [7, 11) is 1.30. The Balaban J connectivity index is 2.06. The molecular weight excluding hydrogens is 454 g/mol. The van der Waals surface area contributed by atoms with Gasteiger partial charge >= 0.3 is 5.97 Å². The molecule has 0 saturated carbocycles. The van der Waals surface area contributed by atoms with Gasteiger partial charge in [-0.05, 0) is 39.7 Å². The number of hydrogen-bond donors (Lipinski definition) is 1. The van der Waals surface area contributed by atoms with Gasteiger partial charge in [-0.1, -0.05) is 29.8 Å². The summed E-state index contributed by atoms with van der Waals surface area (Å²) in [6, 6.07) is 11.0. The molecule has 0 fully saturated rings. The summed E-state index contributed by atoms with van der Waals surface area (Å²) in [4.78, 5) is 23.8. The Bertz CT molecular complexity index is 1030. The predicted molar refractivity (Wildman–Crippen MR) is 111 cm³/mol. The number of amides is 1. The van der Waals surface area contributed by atoms with Crippen LogP contribution in [0.1, 0.15) is 22.8 Å². The van der Waals surface area contributed by atoms with Gasteiger partial charge in [-0.25, -0.2) is 4.79 Å². The van der Waals surface area contributed by atoms with Crippen LogP contribution in [0.25, 0.3) is 10.1 Å². The molecule has 0 spiro atoms. The van der Waals surface area contributed by atoms with E-state index in [2.05, 4.69) is 21.2 Å². The fourth-order valence-corrected chi connectivity index (χ4v) is 4.61. The number of anilines is 1. The van der Waals surface area contributed by atoms with Crippen molar-refractivity contribution in [1.82, 2.24) is 0 Å². The second-order valence-corrected chi connectivity index (χ2v) is 7.96. The van der Waals surface area contributed by atoms with E-state index >= 15 is 0 Å². The van der Waals surface area contributed by atoms with E-state index in [9.17, 15) is 9.59 Å². The van der Waals surface area contributed by atoms with Crippen LogP contribution in [0.4, 0.5) is 5.00 Å². The maximum atomic E-state index is 12.3. The lowest BCUT2D eigenvalue weighted by molar-refractivity contribution is -0.114. The second-order valence-electron chi connectivity index (χ2n) is 5.65. The van der Waals surface area contributed by atoms with E-state index in [4.69, 9.17) is 21.1 Å². The molecule has 1 aromatic heterocycles. The van der Waals surface area contributed by atoms with E-state index in [1.807, 2.05) is 18.2 Å². The van der Waals surface area contributed by atoms with E-state index in [0.29, 0.717) is 33.3 Å². The topological polar surface area (TPSA) is 64.6 Å². The minimum atomic E-state index is -0.520. The van der Waals surface area contributed by atoms with Gasteiger partial charge in [0.15, 0.2) is 5.75 Å². The molecule has 0 saturated heterocycles. The fraction of sp³-hybridized carbons (Fsp3) is 0.158. The molecule has 0 aliphatic carbocycles. The first-order chi connectivity index (χ1) is 12.9. The van der Waals surface area contributed by atoms with Crippen molar-refractivity contribution < 1.29 is 19.1 Å². The van der Waals surface area contributed by atoms with Gasteiger partial charge in [-0.3, -0.25) is 4.79 Å². The number of carbonyl (C=O) groups excluding carboxylic acids is 2. The molecule has 140 valence electrons. The summed E-state index contributed by atoms with van der Waals surface area (Å²) >= 11 is 10.8. The highest BCUT2D eigenvalue weighted by Crippen LogP contribution is 2.44. The fourth-order valence-electron chi connectivity index (χ4n) is 2.58. The highest BCUT2D eigenvalue weighted by atomic mass is 79.9. The maximum Gasteiger partial charge on any atom is 0.341 e. The molecule has 1 heterocycles. The average Bonchev–Trinajstić information content (AvgIpc) is 2.97. The smallest absolute Gasteiger partial charge is 0.341 e. The molecular formula is C19H15BrClNO4S. The molecule has 0 aliphatic heterocycles. The lowest BCUT2D eigenvalue weighted by atomic mass is 10.1. The third kappa shape index (κ3) is 4.26. The SMILES string of the molecule is COC(=O)c1c(NC(C)=O)sc2c(OCc3cccc(Cl)c3)c(Br)ccc12. The van der Waals surface area contributed by atoms with Crippen molar-refractivity contribution >= 4 is 65.8 Å². The number of carbonyl (C=O) groups is 2. The maximum absolute atomic E-state index is 12.3. The van der Waals surface area contributed by atoms with Gasteiger partial charge in [0, 0.05) is 17.3 Å². The van der Waals surface area contributed by atoms with E-state index < -0.39 is 5.97 Å². The zero-order valence-corrected chi connectivity index (χ0v) is 17.6. The largest absolute Gasteiger partial charge is 0.486 e. The number of rotatable bonds is 5. The van der Waals surface area contributed by atoms with Crippen LogP contribution in [0.5, 0.6) is 5.75 Å². The Labute approximate surface area is 173 Å². The van der Waals surface area contributed by atoms with Crippen LogP contribution in [-0.4, -0.2) is 19.0 Å². The number of halogens is 2. The molecule has 0 atom stereocenters. The summed E-state index contributed by atoms with van der Waals surface area (Å²) in [6.07, 6.45) is 0. The minimum Gasteiger partial charge on any atom is -0.486 e. The van der Waals surface area contributed by atoms with Gasteiger partial charge in [0.1, 0.15) is 17.2 Å². The normalized spacial score (nSPS) is 10.7. The molecule has 5 nitrogen and oxygen atoms in total. The zero-order chi connectivity index (χ0) is 19.6. The molecule has 0 aliphatic rings. The van der Waals surface area contributed by atoms with Gasteiger partial charge in [0.25, 0.3) is 0 Å². The van der Waals surface area contributed by atoms with Crippen LogP contribution in [0.2, 0.25) is 5.02 Å². The number of ether oxygens (including phenoxy) is 2. The van der Waals surface area contributed by atoms with E-state index in [-0.39, 0.29) is 5.91 Å². The van der Waals surface area contributed by atoms with Gasteiger partial charge in [-0.15, -0.1) is 11.3 Å². The average molecular weight is 469 g/mol. The summed E-state index contributed by atoms with van der Waals surface area (Å²) in [5.41, 5.74) is 1.23. The minimum absolute atomic E-state index is 0.271. The molecule has 2 aromatic carbocycles. The van der Waals surface area contributed by atoms with Crippen molar-refractivity contribution in [1.29, 1.82) is 0 Å². The molecule has 1 amide bonds. The Hall–Kier alpha value is -2.09. The van der Waals surface area contributed by atoms with Crippen LogP contribution < -0.4 is 10.1 Å². The molecule has 0 unspecified atom stereocenters. The highest BCUT2D eigenvalue weighted by molar-refractivity contribution is 9.10. The number of benzene rings is 2. The van der Waals surface area contributed by atoms with E-state index in [0.717, 1.165) is 14.7 Å². The zero-order valence-electron chi connectivity index (χ0n) is 14.5. The number of nitrogens with one attached hydrogen (secondary N) is 1. The van der Waals surface area contributed by atoms with Crippen LogP contribution in [0, 0.1) is 0 Å². The third-order valence-corrected chi connectivity index (χ3v) is 5.70. The van der Waals surface area contributed by atoms with Gasteiger partial charge in [0.2, 0.25) is 5.91 Å². The first-order valence-electron chi connectivity index (χ1n) is 7.89. The van der Waals surface area contributed by atoms with Crippen molar-refractivity contribution in [3.63, 3.8) is 0 Å². The number of fused-ring (bicyclic) bond motifs is 1. The van der Waals surface area contributed by atoms with Crippen molar-refractivity contribution in [2.45, 2.75) is 13.5 Å². The monoisotopic (exact) mass is 467 g/mol. The molecule has 1 N–H and O–H groups in total. The van der Waals surface area contributed by atoms with E-state index in [1.54, 1.807) is 18.2 Å². The Kier molecular flexibility index (Phi) is 6.04. The predicted octanol–water partition coefficient (Wildman–Crippen LogP) is 5.64. The van der Waals surface area contributed by atoms with Crippen LogP contribution in [0.3, 0.4) is 0 Å². The van der Waals surface area contributed by atoms with Crippen molar-refractivity contribution in [3.8, 4) is 5.75 Å². The van der Waals surface area contributed by atoms with Gasteiger partial charge < -0.3 is 14.8 Å². The van der Waals surface area contributed by atoms with Crippen molar-refractivity contribution in [2.75, 3.05) is 12.4 Å². The van der Waals surface area contributed by atoms with Gasteiger partial charge in [0.05, 0.1) is 16.3 Å². The molecule has 0 radical (unpaired) electrons. The number of hydrogen-bond acceptors (Lipinski definition) is 5. The third-order valence-electron chi connectivity index (χ3n) is 3.72. The lowest BCUT2D eigenvalue weighted by Gasteiger charge is -2.10. The molecule has 0 bridgehead atoms. The van der Waals surface area contributed by atoms with Crippen molar-refractivity contribution in [3.05, 3.63) is 57.0 Å². The molecule has 27 heavy (non-hydrogen) atoms. The number of methoxy groups -OCH3 is 1. The standard InChI is InChI=1S/C19H15BrClNO4S/c1-10(23)22-18-15(19(24)25-2)13-6-7-14(20)16(17(13)27-18)26-9-11-4-3-5-12(21)8-11/h3-8H,9H2,1-2H3,(H,22,23). The van der Waals surface area contributed by atoms with Crippen LogP contribution in [0.15, 0.2) is 40.9 Å². The van der Waals surface area contributed by atoms with Crippen LogP contribution >= 0.6 is 38.9 Å². The van der Waals surface area contributed by atoms with Crippen molar-refractivity contribution in [2.24, 2.45) is 0 Å². The first-order valence-corrected chi connectivity index (χ1v) is 9.87. The Morgan fingerprint density at radius 1 is 1.26 bits per heavy atom. The molecule has 8 heteroatoms. The second kappa shape index (κ2) is 8.29. The van der Waals surface area contributed by atoms with Gasteiger partial charge in [-0.2, -0.15) is 0 Å². The summed E-state index contributed by atoms with van der Waals surface area (Å²) < 4.78 is 12.4. The van der Waals surface area contributed by atoms with E-state index in [1.165, 1.54) is 25.4 Å². The molecule has 3 aromatic rings.